The molecule has 1 N–H and O–H groups in total. The number of rotatable bonds is 6. The van der Waals surface area contributed by atoms with Gasteiger partial charge in [-0.3, -0.25) is 0 Å². The van der Waals surface area contributed by atoms with Crippen LogP contribution < -0.4 is 5.32 Å². The monoisotopic (exact) mass is 375 g/mol. The molecule has 28 heavy (non-hydrogen) atoms. The first-order valence-corrected chi connectivity index (χ1v) is 10.2. The molecule has 1 saturated heterocycles. The molecular weight excluding hydrogens is 346 g/mol. The van der Waals surface area contributed by atoms with Crippen molar-refractivity contribution in [2.45, 2.75) is 33.2 Å². The molecule has 2 aromatic carbocycles. The van der Waals surface area contributed by atoms with E-state index in [1.807, 2.05) is 10.7 Å². The fourth-order valence-corrected chi connectivity index (χ4v) is 3.83. The largest absolute Gasteiger partial charge is 0.381 e. The molecule has 4 nitrogen and oxygen atoms in total. The highest BCUT2D eigenvalue weighted by atomic mass is 16.5. The quantitative estimate of drug-likeness (QED) is 0.680. The van der Waals surface area contributed by atoms with Gasteiger partial charge in [0, 0.05) is 37.1 Å². The van der Waals surface area contributed by atoms with Crippen molar-refractivity contribution in [1.29, 1.82) is 0 Å². The zero-order valence-electron chi connectivity index (χ0n) is 16.8. The van der Waals surface area contributed by atoms with Gasteiger partial charge in [-0.05, 0) is 56.3 Å². The summed E-state index contributed by atoms with van der Waals surface area (Å²) in [7, 11) is 0. The molecule has 2 heterocycles. The summed E-state index contributed by atoms with van der Waals surface area (Å²) in [6.45, 7) is 7.92. The Morgan fingerprint density at radius 2 is 1.86 bits per heavy atom. The van der Waals surface area contributed by atoms with Crippen LogP contribution in [0.25, 0.3) is 16.9 Å². The van der Waals surface area contributed by atoms with Crippen LogP contribution in [0.5, 0.6) is 0 Å². The number of benzene rings is 2. The first kappa shape index (κ1) is 18.9. The second-order valence-corrected chi connectivity index (χ2v) is 7.79. The average molecular weight is 376 g/mol. The van der Waals surface area contributed by atoms with Crippen LogP contribution in [0.15, 0.2) is 54.7 Å². The zero-order chi connectivity index (χ0) is 19.3. The van der Waals surface area contributed by atoms with Crippen LogP contribution in [0.3, 0.4) is 0 Å². The molecule has 3 aromatic rings. The molecule has 1 aliphatic heterocycles. The minimum atomic E-state index is 0.711. The molecule has 1 aromatic heterocycles. The van der Waals surface area contributed by atoms with Gasteiger partial charge in [-0.15, -0.1) is 0 Å². The van der Waals surface area contributed by atoms with Gasteiger partial charge >= 0.3 is 0 Å². The Hall–Kier alpha value is -2.43. The predicted octanol–water partition coefficient (Wildman–Crippen LogP) is 4.67. The lowest BCUT2D eigenvalue weighted by Crippen LogP contribution is -2.27. The van der Waals surface area contributed by atoms with Crippen molar-refractivity contribution in [3.8, 4) is 16.9 Å². The smallest absolute Gasteiger partial charge is 0.0972 e. The average Bonchev–Trinajstić information content (AvgIpc) is 3.15. The lowest BCUT2D eigenvalue weighted by molar-refractivity contribution is 0.0662. The summed E-state index contributed by atoms with van der Waals surface area (Å²) < 4.78 is 7.51. The van der Waals surface area contributed by atoms with E-state index in [-0.39, 0.29) is 0 Å². The van der Waals surface area contributed by atoms with E-state index in [0.29, 0.717) is 5.92 Å². The molecule has 0 radical (unpaired) electrons. The summed E-state index contributed by atoms with van der Waals surface area (Å²) in [4.78, 5) is 0. The fourth-order valence-electron chi connectivity index (χ4n) is 3.83. The van der Waals surface area contributed by atoms with Crippen LogP contribution >= 0.6 is 0 Å². The van der Waals surface area contributed by atoms with Crippen molar-refractivity contribution in [2.75, 3.05) is 19.8 Å². The zero-order valence-corrected chi connectivity index (χ0v) is 16.8. The van der Waals surface area contributed by atoms with E-state index in [9.17, 15) is 0 Å². The number of hydrogen-bond acceptors (Lipinski definition) is 3. The molecule has 1 aliphatic rings. The molecule has 146 valence electrons. The van der Waals surface area contributed by atoms with Crippen molar-refractivity contribution >= 4 is 0 Å². The highest BCUT2D eigenvalue weighted by Gasteiger charge is 2.16. The van der Waals surface area contributed by atoms with Crippen molar-refractivity contribution in [2.24, 2.45) is 5.92 Å². The van der Waals surface area contributed by atoms with E-state index in [1.54, 1.807) is 0 Å². The third kappa shape index (κ3) is 4.34. The summed E-state index contributed by atoms with van der Waals surface area (Å²) in [6, 6.07) is 17.0. The summed E-state index contributed by atoms with van der Waals surface area (Å²) in [5.41, 5.74) is 7.08. The number of nitrogens with zero attached hydrogens (tertiary/aromatic N) is 2. The number of aryl methyl sites for hydroxylation is 2. The van der Waals surface area contributed by atoms with E-state index in [4.69, 9.17) is 9.84 Å². The molecule has 0 unspecified atom stereocenters. The van der Waals surface area contributed by atoms with Gasteiger partial charge in [-0.25, -0.2) is 4.68 Å². The van der Waals surface area contributed by atoms with Crippen molar-refractivity contribution < 1.29 is 4.74 Å². The van der Waals surface area contributed by atoms with Crippen LogP contribution in [0.2, 0.25) is 0 Å². The van der Waals surface area contributed by atoms with Gasteiger partial charge in [-0.2, -0.15) is 5.10 Å². The molecule has 0 spiro atoms. The lowest BCUT2D eigenvalue weighted by Gasteiger charge is -2.22. The first-order valence-electron chi connectivity index (χ1n) is 10.2. The minimum absolute atomic E-state index is 0.711. The molecular formula is C24H29N3O. The lowest BCUT2D eigenvalue weighted by atomic mass is 10.0. The Balaban J connectivity index is 1.60. The number of hydrogen-bond donors (Lipinski definition) is 1. The second kappa shape index (κ2) is 8.72. The maximum absolute atomic E-state index is 5.47. The summed E-state index contributed by atoms with van der Waals surface area (Å²) in [6.07, 6.45) is 4.49. The molecule has 0 amide bonds. The van der Waals surface area contributed by atoms with Gasteiger partial charge in [0.05, 0.1) is 11.4 Å². The van der Waals surface area contributed by atoms with E-state index in [2.05, 4.69) is 67.8 Å². The van der Waals surface area contributed by atoms with Crippen LogP contribution in [-0.4, -0.2) is 29.5 Å². The van der Waals surface area contributed by atoms with Crippen LogP contribution in [-0.2, 0) is 11.3 Å². The SMILES string of the molecule is Cc1ccc(C)c(-n2cc(CNCC3CCOCC3)c(-c3ccccc3)n2)c1. The van der Waals surface area contributed by atoms with Gasteiger partial charge in [-0.1, -0.05) is 42.5 Å². The van der Waals surface area contributed by atoms with Gasteiger partial charge < -0.3 is 10.1 Å². The van der Waals surface area contributed by atoms with Crippen LogP contribution in [0, 0.1) is 19.8 Å². The molecule has 0 bridgehead atoms. The molecule has 0 aliphatic carbocycles. The van der Waals surface area contributed by atoms with E-state index in [1.165, 1.54) is 16.7 Å². The van der Waals surface area contributed by atoms with Crippen LogP contribution in [0.1, 0.15) is 29.5 Å². The number of ether oxygens (including phenoxy) is 1. The predicted molar refractivity (Wildman–Crippen MR) is 114 cm³/mol. The standard InChI is InChI=1S/C24H29N3O/c1-18-8-9-19(2)23(14-18)27-17-22(16-25-15-20-10-12-28-13-11-20)24(26-27)21-6-4-3-5-7-21/h3-9,14,17,20,25H,10-13,15-16H2,1-2H3. The topological polar surface area (TPSA) is 39.1 Å². The van der Waals surface area contributed by atoms with Gasteiger partial charge in [0.2, 0.25) is 0 Å². The Kier molecular flexibility index (Phi) is 5.89. The maximum Gasteiger partial charge on any atom is 0.0972 e. The van der Waals surface area contributed by atoms with E-state index in [0.717, 1.165) is 56.1 Å². The third-order valence-corrected chi connectivity index (χ3v) is 5.54. The normalized spacial score (nSPS) is 15.1. The minimum Gasteiger partial charge on any atom is -0.381 e. The van der Waals surface area contributed by atoms with E-state index < -0.39 is 0 Å². The number of aromatic nitrogens is 2. The molecule has 4 rings (SSSR count). The summed E-state index contributed by atoms with van der Waals surface area (Å²) >= 11 is 0. The summed E-state index contributed by atoms with van der Waals surface area (Å²) in [5.74, 6) is 0.711. The highest BCUT2D eigenvalue weighted by Crippen LogP contribution is 2.25. The second-order valence-electron chi connectivity index (χ2n) is 7.79. The molecule has 0 atom stereocenters. The molecule has 4 heteroatoms. The van der Waals surface area contributed by atoms with Crippen LogP contribution in [0.4, 0.5) is 0 Å². The Morgan fingerprint density at radius 1 is 1.07 bits per heavy atom. The van der Waals surface area contributed by atoms with E-state index >= 15 is 0 Å². The number of nitrogens with one attached hydrogen (secondary N) is 1. The Bertz CT molecular complexity index is 911. The van der Waals surface area contributed by atoms with Crippen molar-refractivity contribution in [3.63, 3.8) is 0 Å². The van der Waals surface area contributed by atoms with Crippen molar-refractivity contribution in [3.05, 3.63) is 71.4 Å². The summed E-state index contributed by atoms with van der Waals surface area (Å²) in [5, 5.41) is 8.64. The third-order valence-electron chi connectivity index (χ3n) is 5.54. The Morgan fingerprint density at radius 3 is 2.64 bits per heavy atom. The highest BCUT2D eigenvalue weighted by molar-refractivity contribution is 5.63. The molecule has 1 fully saturated rings. The van der Waals surface area contributed by atoms with Gasteiger partial charge in [0.15, 0.2) is 0 Å². The first-order chi connectivity index (χ1) is 13.7. The molecule has 0 saturated carbocycles. The van der Waals surface area contributed by atoms with Gasteiger partial charge in [0.25, 0.3) is 0 Å². The maximum atomic E-state index is 5.47. The fraction of sp³-hybridized carbons (Fsp3) is 0.375. The van der Waals surface area contributed by atoms with Crippen molar-refractivity contribution in [1.82, 2.24) is 15.1 Å². The Labute approximate surface area is 167 Å². The van der Waals surface area contributed by atoms with Gasteiger partial charge in [0.1, 0.15) is 0 Å².